The van der Waals surface area contributed by atoms with Crippen LogP contribution in [-0.4, -0.2) is 45.1 Å². The van der Waals surface area contributed by atoms with Crippen molar-refractivity contribution in [2.24, 2.45) is 0 Å². The Labute approximate surface area is 208 Å². The monoisotopic (exact) mass is 492 g/mol. The fourth-order valence-corrected chi connectivity index (χ4v) is 3.86. The minimum absolute atomic E-state index is 0.186. The van der Waals surface area contributed by atoms with Crippen molar-refractivity contribution in [2.45, 2.75) is 13.2 Å². The van der Waals surface area contributed by atoms with Gasteiger partial charge in [0, 0.05) is 6.07 Å². The van der Waals surface area contributed by atoms with Crippen LogP contribution in [-0.2, 0) is 13.2 Å². The number of hydrogen-bond donors (Lipinski definition) is 0. The van der Waals surface area contributed by atoms with Crippen molar-refractivity contribution < 1.29 is 28.4 Å². The Kier molecular flexibility index (Phi) is 7.48. The second kappa shape index (κ2) is 10.9. The van der Waals surface area contributed by atoms with Crippen LogP contribution >= 0.6 is 0 Å². The molecule has 1 heterocycles. The summed E-state index contributed by atoms with van der Waals surface area (Å²) in [5.41, 5.74) is 2.12. The molecular formula is C27H28N2O7. The fraction of sp³-hybridized carbons (Fsp3) is 0.259. The summed E-state index contributed by atoms with van der Waals surface area (Å²) in [6.07, 6.45) is 1.52. The van der Waals surface area contributed by atoms with Crippen LogP contribution in [0.4, 0.5) is 0 Å². The number of fused-ring (bicyclic) bond motifs is 1. The third-order valence-electron chi connectivity index (χ3n) is 5.75. The Morgan fingerprint density at radius 2 is 1.22 bits per heavy atom. The molecule has 0 amide bonds. The molecule has 9 heteroatoms. The molecule has 0 atom stereocenters. The molecule has 0 spiro atoms. The summed E-state index contributed by atoms with van der Waals surface area (Å²) in [5.74, 6) is 3.41. The lowest BCUT2D eigenvalue weighted by Gasteiger charge is -2.14. The summed E-state index contributed by atoms with van der Waals surface area (Å²) in [6.45, 7) is 0.623. The van der Waals surface area contributed by atoms with Gasteiger partial charge in [0.1, 0.15) is 6.61 Å². The normalized spacial score (nSPS) is 10.7. The Balaban J connectivity index is 1.55. The van der Waals surface area contributed by atoms with Gasteiger partial charge in [0.25, 0.3) is 5.56 Å². The third kappa shape index (κ3) is 5.00. The van der Waals surface area contributed by atoms with E-state index in [1.165, 1.54) is 18.0 Å². The zero-order chi connectivity index (χ0) is 25.7. The van der Waals surface area contributed by atoms with Gasteiger partial charge in [0.15, 0.2) is 34.5 Å². The maximum Gasteiger partial charge on any atom is 0.261 e. The summed E-state index contributed by atoms with van der Waals surface area (Å²) in [5, 5.41) is 0.442. The van der Waals surface area contributed by atoms with Crippen LogP contribution in [0.1, 0.15) is 11.1 Å². The quantitative estimate of drug-likeness (QED) is 0.327. The second-order valence-electron chi connectivity index (χ2n) is 7.87. The molecule has 0 aliphatic carbocycles. The van der Waals surface area contributed by atoms with Crippen molar-refractivity contribution in [3.63, 3.8) is 0 Å². The molecule has 188 valence electrons. The van der Waals surface area contributed by atoms with Crippen molar-refractivity contribution in [3.05, 3.63) is 76.3 Å². The number of ether oxygens (including phenoxy) is 6. The van der Waals surface area contributed by atoms with Crippen molar-refractivity contribution in [1.82, 2.24) is 9.55 Å². The van der Waals surface area contributed by atoms with Crippen LogP contribution in [0.2, 0.25) is 0 Å². The highest BCUT2D eigenvalue weighted by molar-refractivity contribution is 5.81. The van der Waals surface area contributed by atoms with Crippen LogP contribution in [0.3, 0.4) is 0 Å². The molecule has 0 unspecified atom stereocenters. The van der Waals surface area contributed by atoms with Crippen LogP contribution in [0.5, 0.6) is 34.5 Å². The van der Waals surface area contributed by atoms with Crippen molar-refractivity contribution >= 4 is 10.9 Å². The van der Waals surface area contributed by atoms with Gasteiger partial charge in [-0.25, -0.2) is 4.98 Å². The van der Waals surface area contributed by atoms with E-state index >= 15 is 0 Å². The SMILES string of the molecule is COc1ccc(COc2ccc(Cn3cnc4cc(OC)c(OC)cc4c3=O)cc2OC)cc1OC. The Hall–Kier alpha value is -4.40. The van der Waals surface area contributed by atoms with E-state index in [1.807, 2.05) is 36.4 Å². The molecule has 0 bridgehead atoms. The first-order valence-corrected chi connectivity index (χ1v) is 11.1. The van der Waals surface area contributed by atoms with E-state index in [-0.39, 0.29) is 5.56 Å². The Morgan fingerprint density at radius 3 is 1.92 bits per heavy atom. The van der Waals surface area contributed by atoms with Gasteiger partial charge in [-0.05, 0) is 41.5 Å². The van der Waals surface area contributed by atoms with Crippen LogP contribution < -0.4 is 34.0 Å². The molecule has 1 aromatic heterocycles. The molecule has 0 saturated heterocycles. The summed E-state index contributed by atoms with van der Waals surface area (Å²) >= 11 is 0. The average Bonchev–Trinajstić information content (AvgIpc) is 2.92. The average molecular weight is 493 g/mol. The van der Waals surface area contributed by atoms with Gasteiger partial charge in [0.2, 0.25) is 0 Å². The molecule has 0 N–H and O–H groups in total. The first kappa shape index (κ1) is 24.7. The van der Waals surface area contributed by atoms with E-state index in [4.69, 9.17) is 28.4 Å². The fourth-order valence-electron chi connectivity index (χ4n) is 3.86. The highest BCUT2D eigenvalue weighted by atomic mass is 16.5. The van der Waals surface area contributed by atoms with Crippen LogP contribution in [0, 0.1) is 0 Å². The molecule has 3 aromatic carbocycles. The summed E-state index contributed by atoms with van der Waals surface area (Å²) in [4.78, 5) is 17.6. The molecule has 0 aliphatic rings. The van der Waals surface area contributed by atoms with Crippen molar-refractivity contribution in [1.29, 1.82) is 0 Å². The number of benzene rings is 3. The first-order valence-electron chi connectivity index (χ1n) is 11.1. The van der Waals surface area contributed by atoms with E-state index < -0.39 is 0 Å². The van der Waals surface area contributed by atoms with E-state index in [0.29, 0.717) is 58.6 Å². The predicted molar refractivity (Wildman–Crippen MR) is 135 cm³/mol. The molecule has 0 aliphatic heterocycles. The van der Waals surface area contributed by atoms with Gasteiger partial charge in [-0.3, -0.25) is 9.36 Å². The van der Waals surface area contributed by atoms with E-state index in [0.717, 1.165) is 11.1 Å². The van der Waals surface area contributed by atoms with Gasteiger partial charge in [-0.1, -0.05) is 12.1 Å². The zero-order valence-electron chi connectivity index (χ0n) is 20.9. The highest BCUT2D eigenvalue weighted by Gasteiger charge is 2.13. The number of rotatable bonds is 10. The molecule has 0 fully saturated rings. The van der Waals surface area contributed by atoms with Gasteiger partial charge in [-0.2, -0.15) is 0 Å². The number of aromatic nitrogens is 2. The summed E-state index contributed by atoms with van der Waals surface area (Å²) in [6, 6.07) is 14.5. The lowest BCUT2D eigenvalue weighted by Crippen LogP contribution is -2.21. The third-order valence-corrected chi connectivity index (χ3v) is 5.75. The van der Waals surface area contributed by atoms with Gasteiger partial charge in [0.05, 0.1) is 59.3 Å². The smallest absolute Gasteiger partial charge is 0.261 e. The van der Waals surface area contributed by atoms with E-state index in [2.05, 4.69) is 4.98 Å². The second-order valence-corrected chi connectivity index (χ2v) is 7.87. The zero-order valence-corrected chi connectivity index (χ0v) is 20.9. The molecule has 4 rings (SSSR count). The lowest BCUT2D eigenvalue weighted by molar-refractivity contribution is 0.283. The molecule has 36 heavy (non-hydrogen) atoms. The molecular weight excluding hydrogens is 464 g/mol. The Morgan fingerprint density at radius 1 is 0.667 bits per heavy atom. The maximum absolute atomic E-state index is 13.1. The number of hydrogen-bond acceptors (Lipinski definition) is 8. The Bertz CT molecular complexity index is 1430. The maximum atomic E-state index is 13.1. The number of nitrogens with zero attached hydrogens (tertiary/aromatic N) is 2. The van der Waals surface area contributed by atoms with Gasteiger partial charge < -0.3 is 28.4 Å². The van der Waals surface area contributed by atoms with E-state index in [1.54, 1.807) is 40.6 Å². The topological polar surface area (TPSA) is 90.3 Å². The van der Waals surface area contributed by atoms with Crippen molar-refractivity contribution in [3.8, 4) is 34.5 Å². The molecule has 0 saturated carbocycles. The molecule has 0 radical (unpaired) electrons. The lowest BCUT2D eigenvalue weighted by atomic mass is 10.1. The molecule has 9 nitrogen and oxygen atoms in total. The van der Waals surface area contributed by atoms with Crippen molar-refractivity contribution in [2.75, 3.05) is 35.5 Å². The largest absolute Gasteiger partial charge is 0.493 e. The number of methoxy groups -OCH3 is 5. The minimum Gasteiger partial charge on any atom is -0.493 e. The summed E-state index contributed by atoms with van der Waals surface area (Å²) < 4.78 is 34.4. The van der Waals surface area contributed by atoms with Gasteiger partial charge >= 0.3 is 0 Å². The first-order chi connectivity index (χ1) is 17.5. The van der Waals surface area contributed by atoms with Gasteiger partial charge in [-0.15, -0.1) is 0 Å². The van der Waals surface area contributed by atoms with Crippen LogP contribution in [0.15, 0.2) is 59.7 Å². The van der Waals surface area contributed by atoms with E-state index in [9.17, 15) is 4.79 Å². The highest BCUT2D eigenvalue weighted by Crippen LogP contribution is 2.32. The predicted octanol–water partition coefficient (Wildman–Crippen LogP) is 4.07. The molecule has 4 aromatic rings. The van der Waals surface area contributed by atoms with Crippen LogP contribution in [0.25, 0.3) is 10.9 Å². The minimum atomic E-state index is -0.186. The standard InChI is InChI=1S/C27H28N2O7/c1-31-21-8-7-18(11-23(21)32-2)15-36-22-9-6-17(10-24(22)33-3)14-29-16-28-20-13-26(35-5)25(34-4)12-19(20)27(29)30/h6-13,16H,14-15H2,1-5H3. The summed E-state index contributed by atoms with van der Waals surface area (Å²) in [7, 11) is 7.83.